The molecule has 0 N–H and O–H groups in total. The largest absolute Gasteiger partial charge is 0.413 e. The maximum Gasteiger partial charge on any atom is 0.192 e. The van der Waals surface area contributed by atoms with Gasteiger partial charge in [0.05, 0.1) is 12.6 Å². The summed E-state index contributed by atoms with van der Waals surface area (Å²) in [6.07, 6.45) is 0.737. The van der Waals surface area contributed by atoms with E-state index in [2.05, 4.69) is 56.0 Å². The Hall–Kier alpha value is -1.29. The second kappa shape index (κ2) is 6.93. The summed E-state index contributed by atoms with van der Waals surface area (Å²) in [4.78, 5) is 2.87. The van der Waals surface area contributed by atoms with Crippen molar-refractivity contribution in [1.29, 1.82) is 0 Å². The molecule has 0 saturated heterocycles. The van der Waals surface area contributed by atoms with Crippen LogP contribution in [0.1, 0.15) is 26.3 Å². The maximum absolute atomic E-state index is 8.55. The molecule has 4 nitrogen and oxygen atoms in total. The lowest BCUT2D eigenvalue weighted by molar-refractivity contribution is 0.188. The van der Waals surface area contributed by atoms with Crippen LogP contribution in [0.3, 0.4) is 0 Å². The van der Waals surface area contributed by atoms with Gasteiger partial charge < -0.3 is 4.43 Å². The first-order valence-electron chi connectivity index (χ1n) is 6.99. The van der Waals surface area contributed by atoms with Crippen molar-refractivity contribution in [3.8, 4) is 0 Å². The van der Waals surface area contributed by atoms with Crippen LogP contribution in [0, 0.1) is 0 Å². The molecule has 0 heterocycles. The highest BCUT2D eigenvalue weighted by molar-refractivity contribution is 6.74. The molecule has 20 heavy (non-hydrogen) atoms. The second-order valence-corrected chi connectivity index (χ2v) is 11.4. The molecule has 5 heteroatoms. The number of azide groups is 1. The fourth-order valence-electron chi connectivity index (χ4n) is 1.74. The lowest BCUT2D eigenvalue weighted by atomic mass is 10.1. The Morgan fingerprint density at radius 2 is 1.85 bits per heavy atom. The number of hydrogen-bond donors (Lipinski definition) is 0. The van der Waals surface area contributed by atoms with E-state index in [-0.39, 0.29) is 11.1 Å². The predicted molar refractivity (Wildman–Crippen MR) is 86.2 cm³/mol. The molecule has 1 aromatic carbocycles. The van der Waals surface area contributed by atoms with Crippen molar-refractivity contribution in [2.24, 2.45) is 5.11 Å². The Labute approximate surface area is 122 Å². The van der Waals surface area contributed by atoms with Crippen LogP contribution < -0.4 is 0 Å². The Kier molecular flexibility index (Phi) is 5.81. The van der Waals surface area contributed by atoms with E-state index in [1.165, 1.54) is 5.56 Å². The van der Waals surface area contributed by atoms with Crippen LogP contribution in [0.4, 0.5) is 0 Å². The average molecular weight is 291 g/mol. The summed E-state index contributed by atoms with van der Waals surface area (Å²) in [5, 5.41) is 3.86. The number of rotatable bonds is 6. The molecule has 0 spiro atoms. The van der Waals surface area contributed by atoms with Crippen LogP contribution in [0.5, 0.6) is 0 Å². The maximum atomic E-state index is 8.55. The van der Waals surface area contributed by atoms with Crippen molar-refractivity contribution < 1.29 is 4.43 Å². The highest BCUT2D eigenvalue weighted by atomic mass is 28.4. The molecule has 0 aliphatic rings. The molecule has 0 fully saturated rings. The minimum atomic E-state index is -1.86. The standard InChI is InChI=1S/C15H25N3OSi/c1-15(2,3)20(4,5)19-14(12-17-18-16)11-13-9-7-6-8-10-13/h6-10,14H,11-12H2,1-5H3. The third-order valence-electron chi connectivity index (χ3n) is 3.92. The Morgan fingerprint density at radius 3 is 2.35 bits per heavy atom. The number of hydrogen-bond acceptors (Lipinski definition) is 2. The molecule has 1 unspecified atom stereocenters. The Bertz CT molecular complexity index is 462. The van der Waals surface area contributed by atoms with Crippen molar-refractivity contribution in [2.75, 3.05) is 6.54 Å². The quantitative estimate of drug-likeness (QED) is 0.317. The minimum Gasteiger partial charge on any atom is -0.413 e. The zero-order chi connectivity index (χ0) is 15.2. The molecule has 0 bridgehead atoms. The molecule has 0 radical (unpaired) electrons. The van der Waals surface area contributed by atoms with Crippen LogP contribution in [-0.2, 0) is 10.8 Å². The minimum absolute atomic E-state index is 0.0470. The molecule has 1 rings (SSSR count). The number of nitrogens with zero attached hydrogens (tertiary/aromatic N) is 3. The van der Waals surface area contributed by atoms with E-state index in [1.54, 1.807) is 0 Å². The van der Waals surface area contributed by atoms with Gasteiger partial charge in [-0.3, -0.25) is 0 Å². The third-order valence-corrected chi connectivity index (χ3v) is 8.46. The van der Waals surface area contributed by atoms with E-state index < -0.39 is 8.32 Å². The van der Waals surface area contributed by atoms with E-state index in [1.807, 2.05) is 18.2 Å². The van der Waals surface area contributed by atoms with E-state index in [9.17, 15) is 0 Å². The van der Waals surface area contributed by atoms with Gasteiger partial charge in [-0.15, -0.1) is 0 Å². The van der Waals surface area contributed by atoms with Gasteiger partial charge in [0.15, 0.2) is 8.32 Å². The summed E-state index contributed by atoms with van der Waals surface area (Å²) in [5.41, 5.74) is 9.77. The first kappa shape index (κ1) is 16.8. The molecular formula is C15H25N3OSi. The van der Waals surface area contributed by atoms with Crippen molar-refractivity contribution in [3.63, 3.8) is 0 Å². The summed E-state index contributed by atoms with van der Waals surface area (Å²) in [6, 6.07) is 10.2. The first-order chi connectivity index (χ1) is 9.26. The molecular weight excluding hydrogens is 266 g/mol. The van der Waals surface area contributed by atoms with Gasteiger partial charge in [0.2, 0.25) is 0 Å². The normalized spacial score (nSPS) is 13.7. The molecule has 110 valence electrons. The fraction of sp³-hybridized carbons (Fsp3) is 0.600. The molecule has 0 aromatic heterocycles. The van der Waals surface area contributed by atoms with Crippen molar-refractivity contribution in [3.05, 3.63) is 46.3 Å². The highest BCUT2D eigenvalue weighted by Gasteiger charge is 2.38. The summed E-state index contributed by atoms with van der Waals surface area (Å²) in [7, 11) is -1.86. The number of benzene rings is 1. The van der Waals surface area contributed by atoms with Gasteiger partial charge in [0.1, 0.15) is 0 Å². The van der Waals surface area contributed by atoms with Gasteiger partial charge in [-0.1, -0.05) is 56.2 Å². The monoisotopic (exact) mass is 291 g/mol. The van der Waals surface area contributed by atoms with Gasteiger partial charge in [-0.2, -0.15) is 0 Å². The predicted octanol–water partition coefficient (Wildman–Crippen LogP) is 4.93. The molecule has 0 aliphatic heterocycles. The summed E-state index contributed by atoms with van der Waals surface area (Å²) < 4.78 is 6.38. The van der Waals surface area contributed by atoms with Crippen molar-refractivity contribution in [1.82, 2.24) is 0 Å². The summed E-state index contributed by atoms with van der Waals surface area (Å²) in [5.74, 6) is 0. The lowest BCUT2D eigenvalue weighted by Gasteiger charge is -2.39. The van der Waals surface area contributed by atoms with Crippen LogP contribution >= 0.6 is 0 Å². The fourth-order valence-corrected chi connectivity index (χ4v) is 3.09. The van der Waals surface area contributed by atoms with Gasteiger partial charge in [0, 0.05) is 4.91 Å². The van der Waals surface area contributed by atoms with Gasteiger partial charge in [-0.25, -0.2) is 0 Å². The smallest absolute Gasteiger partial charge is 0.192 e. The molecule has 1 atom stereocenters. The first-order valence-corrected chi connectivity index (χ1v) is 9.90. The van der Waals surface area contributed by atoms with E-state index in [0.717, 1.165) is 6.42 Å². The van der Waals surface area contributed by atoms with Gasteiger partial charge >= 0.3 is 0 Å². The van der Waals surface area contributed by atoms with Crippen molar-refractivity contribution in [2.45, 2.75) is 51.4 Å². The summed E-state index contributed by atoms with van der Waals surface area (Å²) >= 11 is 0. The SMILES string of the molecule is CC(C)(C)[Si](C)(C)OC(CN=[N+]=[N-])Cc1ccccc1. The van der Waals surface area contributed by atoms with Crippen LogP contribution in [-0.4, -0.2) is 21.0 Å². The third kappa shape index (κ3) is 5.00. The van der Waals surface area contributed by atoms with Gasteiger partial charge in [-0.05, 0) is 35.6 Å². The summed E-state index contributed by atoms with van der Waals surface area (Å²) in [6.45, 7) is 11.5. The highest BCUT2D eigenvalue weighted by Crippen LogP contribution is 2.37. The van der Waals surface area contributed by atoms with E-state index >= 15 is 0 Å². The van der Waals surface area contributed by atoms with E-state index in [0.29, 0.717) is 6.54 Å². The zero-order valence-corrected chi connectivity index (χ0v) is 14.1. The van der Waals surface area contributed by atoms with Crippen LogP contribution in [0.15, 0.2) is 35.4 Å². The lowest BCUT2D eigenvalue weighted by Crippen LogP contribution is -2.45. The van der Waals surface area contributed by atoms with Gasteiger partial charge in [0.25, 0.3) is 0 Å². The Morgan fingerprint density at radius 1 is 1.25 bits per heavy atom. The van der Waals surface area contributed by atoms with Crippen molar-refractivity contribution >= 4 is 8.32 Å². The molecule has 0 amide bonds. The molecule has 0 saturated carbocycles. The second-order valence-electron chi connectivity index (χ2n) is 6.60. The molecule has 0 aliphatic carbocycles. The Balaban J connectivity index is 2.82. The zero-order valence-electron chi connectivity index (χ0n) is 13.1. The topological polar surface area (TPSA) is 58.0 Å². The molecule has 1 aromatic rings. The van der Waals surface area contributed by atoms with Crippen LogP contribution in [0.25, 0.3) is 10.4 Å². The van der Waals surface area contributed by atoms with Crippen LogP contribution in [0.2, 0.25) is 18.1 Å². The average Bonchev–Trinajstić information content (AvgIpc) is 2.35. The van der Waals surface area contributed by atoms with E-state index in [4.69, 9.17) is 9.96 Å².